The number of aromatic amines is 1. The third kappa shape index (κ3) is 4.60. The van der Waals surface area contributed by atoms with Gasteiger partial charge in [-0.15, -0.1) is 18.3 Å². The normalized spacial score (nSPS) is 12.3. The molecule has 0 radical (unpaired) electrons. The molecule has 168 valence electrons. The molecule has 4 aromatic rings. The second kappa shape index (κ2) is 7.73. The van der Waals surface area contributed by atoms with E-state index in [4.69, 9.17) is 4.42 Å². The quantitative estimate of drug-likeness (QED) is 0.388. The molecule has 0 atom stereocenters. The van der Waals surface area contributed by atoms with Crippen molar-refractivity contribution in [2.45, 2.75) is 26.0 Å². The number of nitrogens with one attached hydrogen (secondary N) is 2. The van der Waals surface area contributed by atoms with Crippen LogP contribution in [0.4, 0.5) is 32.0 Å². The van der Waals surface area contributed by atoms with Crippen LogP contribution in [0.1, 0.15) is 16.7 Å². The first-order valence-corrected chi connectivity index (χ1v) is 8.97. The molecule has 4 rings (SSSR count). The van der Waals surface area contributed by atoms with Gasteiger partial charge in [-0.05, 0) is 64.9 Å². The number of tetrazole rings is 1. The summed E-state index contributed by atoms with van der Waals surface area (Å²) in [6.07, 6.45) is -10.3. The van der Waals surface area contributed by atoms with Gasteiger partial charge in [0, 0.05) is 17.6 Å². The third-order valence-corrected chi connectivity index (χ3v) is 4.55. The lowest BCUT2D eigenvalue weighted by molar-refractivity contribution is -0.276. The van der Waals surface area contributed by atoms with E-state index < -0.39 is 23.9 Å². The van der Waals surface area contributed by atoms with E-state index in [0.717, 1.165) is 17.0 Å². The molecule has 2 aromatic carbocycles. The number of H-pyrrole nitrogens is 1. The summed E-state index contributed by atoms with van der Waals surface area (Å²) in [5.41, 5.74) is 0.464. The number of alkyl halides is 6. The van der Waals surface area contributed by atoms with Crippen LogP contribution in [-0.2, 0) is 12.7 Å². The lowest BCUT2D eigenvalue weighted by Crippen LogP contribution is -2.20. The van der Waals surface area contributed by atoms with Crippen molar-refractivity contribution in [2.75, 3.05) is 5.32 Å². The molecule has 0 aliphatic heterocycles. The summed E-state index contributed by atoms with van der Waals surface area (Å²) in [4.78, 5) is 0. The minimum atomic E-state index is -5.24. The zero-order valence-electron chi connectivity index (χ0n) is 16.1. The van der Waals surface area contributed by atoms with Crippen LogP contribution in [-0.4, -0.2) is 27.0 Å². The Hall–Kier alpha value is -3.77. The first-order valence-electron chi connectivity index (χ1n) is 8.97. The van der Waals surface area contributed by atoms with Crippen LogP contribution in [0.2, 0.25) is 0 Å². The second-order valence-electron chi connectivity index (χ2n) is 6.79. The van der Waals surface area contributed by atoms with Crippen LogP contribution < -0.4 is 10.1 Å². The van der Waals surface area contributed by atoms with Gasteiger partial charge in [0.05, 0.1) is 5.56 Å². The van der Waals surface area contributed by atoms with Gasteiger partial charge in [-0.25, -0.2) is 5.10 Å². The lowest BCUT2D eigenvalue weighted by atomic mass is 10.1. The summed E-state index contributed by atoms with van der Waals surface area (Å²) in [6, 6.07) is 7.53. The molecule has 13 heteroatoms. The summed E-state index contributed by atoms with van der Waals surface area (Å²) >= 11 is 0. The zero-order valence-corrected chi connectivity index (χ0v) is 16.1. The van der Waals surface area contributed by atoms with Crippen molar-refractivity contribution in [3.05, 3.63) is 53.1 Å². The number of benzene rings is 2. The van der Waals surface area contributed by atoms with Gasteiger partial charge >= 0.3 is 12.5 Å². The maximum atomic E-state index is 13.2. The summed E-state index contributed by atoms with van der Waals surface area (Å²) in [6.45, 7) is 1.90. The number of aromatic nitrogens is 4. The van der Waals surface area contributed by atoms with E-state index in [0.29, 0.717) is 34.9 Å². The fourth-order valence-corrected chi connectivity index (χ4v) is 3.09. The molecule has 0 bridgehead atoms. The Morgan fingerprint density at radius 3 is 2.50 bits per heavy atom. The van der Waals surface area contributed by atoms with Gasteiger partial charge in [-0.1, -0.05) is 0 Å². The third-order valence-electron chi connectivity index (χ3n) is 4.55. The standard InChI is InChI=1S/C19H13F6N5O2/c1-9-4-10-5-16(17-27-29-30-28-17)31-15(10)6-11(9)8-26-12-2-3-14(32-19(23,24)25)13(7-12)18(20,21)22/h2-7,26H,8H2,1H3,(H,27,28,29,30). The number of fused-ring (bicyclic) bond motifs is 1. The molecule has 0 fully saturated rings. The van der Waals surface area contributed by atoms with Crippen molar-refractivity contribution >= 4 is 16.7 Å². The van der Waals surface area contributed by atoms with Gasteiger partial charge in [0.25, 0.3) is 0 Å². The van der Waals surface area contributed by atoms with Gasteiger partial charge in [-0.3, -0.25) is 0 Å². The fourth-order valence-electron chi connectivity index (χ4n) is 3.09. The van der Waals surface area contributed by atoms with Crippen molar-refractivity contribution in [3.8, 4) is 17.3 Å². The van der Waals surface area contributed by atoms with Crippen LogP contribution in [0.25, 0.3) is 22.6 Å². The fraction of sp³-hybridized carbons (Fsp3) is 0.211. The smallest absolute Gasteiger partial charge is 0.453 e. The predicted molar refractivity (Wildman–Crippen MR) is 99.6 cm³/mol. The van der Waals surface area contributed by atoms with Crippen LogP contribution in [0, 0.1) is 6.92 Å². The summed E-state index contributed by atoms with van der Waals surface area (Å²) in [5.74, 6) is -0.581. The molecule has 0 unspecified atom stereocenters. The first kappa shape index (κ1) is 21.5. The molecular weight excluding hydrogens is 444 g/mol. The van der Waals surface area contributed by atoms with E-state index in [9.17, 15) is 26.3 Å². The van der Waals surface area contributed by atoms with Crippen LogP contribution in [0.3, 0.4) is 0 Å². The molecule has 0 spiro atoms. The Morgan fingerprint density at radius 2 is 1.84 bits per heavy atom. The monoisotopic (exact) mass is 457 g/mol. The molecular formula is C19H13F6N5O2. The van der Waals surface area contributed by atoms with Crippen molar-refractivity contribution < 1.29 is 35.5 Å². The molecule has 2 aromatic heterocycles. The van der Waals surface area contributed by atoms with E-state index in [1.165, 1.54) is 0 Å². The Morgan fingerprint density at radius 1 is 1.06 bits per heavy atom. The number of ether oxygens (including phenoxy) is 1. The molecule has 32 heavy (non-hydrogen) atoms. The van der Waals surface area contributed by atoms with Crippen molar-refractivity contribution in [1.82, 2.24) is 20.6 Å². The van der Waals surface area contributed by atoms with Crippen LogP contribution in [0.5, 0.6) is 5.75 Å². The summed E-state index contributed by atoms with van der Waals surface area (Å²) in [7, 11) is 0. The Bertz CT molecular complexity index is 1250. The van der Waals surface area contributed by atoms with Crippen molar-refractivity contribution in [2.24, 2.45) is 0 Å². The maximum absolute atomic E-state index is 13.2. The number of halogens is 6. The van der Waals surface area contributed by atoms with Gasteiger partial charge in [0.1, 0.15) is 11.3 Å². The second-order valence-corrected chi connectivity index (χ2v) is 6.79. The van der Waals surface area contributed by atoms with Gasteiger partial charge in [0.2, 0.25) is 5.82 Å². The molecule has 7 nitrogen and oxygen atoms in total. The first-order chi connectivity index (χ1) is 15.0. The van der Waals surface area contributed by atoms with Crippen molar-refractivity contribution in [3.63, 3.8) is 0 Å². The highest BCUT2D eigenvalue weighted by atomic mass is 19.4. The lowest BCUT2D eigenvalue weighted by Gasteiger charge is -2.17. The average molecular weight is 457 g/mol. The Balaban J connectivity index is 1.58. The highest BCUT2D eigenvalue weighted by molar-refractivity contribution is 5.83. The number of rotatable bonds is 5. The molecule has 2 heterocycles. The summed E-state index contributed by atoms with van der Waals surface area (Å²) in [5, 5.41) is 16.8. The van der Waals surface area contributed by atoms with Gasteiger partial charge < -0.3 is 14.5 Å². The number of anilines is 1. The highest BCUT2D eigenvalue weighted by Gasteiger charge is 2.39. The molecule has 0 saturated carbocycles. The number of aryl methyl sites for hydroxylation is 1. The maximum Gasteiger partial charge on any atom is 0.573 e. The topological polar surface area (TPSA) is 88.9 Å². The van der Waals surface area contributed by atoms with Crippen LogP contribution >= 0.6 is 0 Å². The van der Waals surface area contributed by atoms with E-state index in [-0.39, 0.29) is 12.2 Å². The Labute approximate surface area is 175 Å². The van der Waals surface area contributed by atoms with Gasteiger partial charge in [0.15, 0.2) is 5.76 Å². The number of nitrogens with zero attached hydrogens (tertiary/aromatic N) is 3. The van der Waals surface area contributed by atoms with E-state index in [1.54, 1.807) is 19.1 Å². The summed E-state index contributed by atoms with van der Waals surface area (Å²) < 4.78 is 86.1. The highest BCUT2D eigenvalue weighted by Crippen LogP contribution is 2.40. The number of furan rings is 1. The van der Waals surface area contributed by atoms with E-state index in [1.807, 2.05) is 6.07 Å². The van der Waals surface area contributed by atoms with Crippen molar-refractivity contribution in [1.29, 1.82) is 0 Å². The molecule has 0 amide bonds. The number of hydrogen-bond acceptors (Lipinski definition) is 6. The molecule has 0 aliphatic carbocycles. The van der Waals surface area contributed by atoms with E-state index in [2.05, 4.69) is 30.7 Å². The average Bonchev–Trinajstić information content (AvgIpc) is 3.34. The Kier molecular flexibility index (Phi) is 5.18. The zero-order chi connectivity index (χ0) is 23.1. The minimum Gasteiger partial charge on any atom is -0.453 e. The molecule has 0 aliphatic rings. The SMILES string of the molecule is Cc1cc2cc(-c3nnn[nH]3)oc2cc1CNc1ccc(OC(F)(F)F)c(C(F)(F)F)c1. The van der Waals surface area contributed by atoms with Crippen LogP contribution in [0.15, 0.2) is 40.8 Å². The van der Waals surface area contributed by atoms with E-state index >= 15 is 0 Å². The predicted octanol–water partition coefficient (Wildman–Crippen LogP) is 5.45. The molecule has 0 saturated heterocycles. The number of hydrogen-bond donors (Lipinski definition) is 2. The minimum absolute atomic E-state index is 0.0285. The van der Waals surface area contributed by atoms with Gasteiger partial charge in [-0.2, -0.15) is 13.2 Å². The molecule has 2 N–H and O–H groups in total. The largest absolute Gasteiger partial charge is 0.573 e.